The zero-order chi connectivity index (χ0) is 20.4. The Balaban J connectivity index is 0.00000256. The van der Waals surface area contributed by atoms with E-state index in [1.165, 1.54) is 24.3 Å². The molecule has 0 saturated carbocycles. The summed E-state index contributed by atoms with van der Waals surface area (Å²) in [6.07, 6.45) is 1.06. The number of fused-ring (bicyclic) bond motifs is 1. The Labute approximate surface area is 183 Å². The molecule has 0 bridgehead atoms. The lowest BCUT2D eigenvalue weighted by Gasteiger charge is -2.25. The van der Waals surface area contributed by atoms with Crippen LogP contribution in [-0.2, 0) is 10.0 Å². The summed E-state index contributed by atoms with van der Waals surface area (Å²) in [6, 6.07) is 16.5. The lowest BCUT2D eigenvalue weighted by Crippen LogP contribution is -2.29. The predicted octanol–water partition coefficient (Wildman–Crippen LogP) is 4.34. The largest absolute Gasteiger partial charge is 0.370 e. The topological polar surface area (TPSA) is 52.7 Å². The van der Waals surface area contributed by atoms with E-state index in [9.17, 15) is 12.8 Å². The van der Waals surface area contributed by atoms with Crippen molar-refractivity contribution in [3.63, 3.8) is 0 Å². The molecule has 1 heterocycles. The molecule has 0 spiro atoms. The standard InChI is InChI=1S/C22H24FN3O2S.ClH/c1-25-12-5-13-26(15-14-25)21-10-11-22(20-9-3-2-8-19(20)21)29(27,28)24-18-7-4-6-17(23)16-18;/h2-4,6-11,16,24H,5,12-15H2,1H3;1H. The Morgan fingerprint density at radius 2 is 1.67 bits per heavy atom. The molecule has 0 atom stereocenters. The molecule has 0 aromatic heterocycles. The number of nitrogens with one attached hydrogen (secondary N) is 1. The molecule has 0 aliphatic carbocycles. The van der Waals surface area contributed by atoms with Gasteiger partial charge in [0.1, 0.15) is 5.82 Å². The smallest absolute Gasteiger partial charge is 0.262 e. The van der Waals surface area contributed by atoms with E-state index in [4.69, 9.17) is 0 Å². The maximum atomic E-state index is 13.5. The third kappa shape index (κ3) is 4.69. The van der Waals surface area contributed by atoms with Crippen LogP contribution in [0.25, 0.3) is 10.8 Å². The average molecular weight is 450 g/mol. The van der Waals surface area contributed by atoms with Crippen molar-refractivity contribution in [1.82, 2.24) is 4.90 Å². The van der Waals surface area contributed by atoms with E-state index in [0.717, 1.165) is 43.7 Å². The van der Waals surface area contributed by atoms with Crippen molar-refractivity contribution in [2.24, 2.45) is 0 Å². The number of hydrogen-bond acceptors (Lipinski definition) is 4. The van der Waals surface area contributed by atoms with Gasteiger partial charge in [0.2, 0.25) is 0 Å². The molecule has 0 radical (unpaired) electrons. The van der Waals surface area contributed by atoms with Crippen LogP contribution in [0.2, 0.25) is 0 Å². The van der Waals surface area contributed by atoms with Gasteiger partial charge in [0.15, 0.2) is 0 Å². The summed E-state index contributed by atoms with van der Waals surface area (Å²) < 4.78 is 42.1. The predicted molar refractivity (Wildman–Crippen MR) is 123 cm³/mol. The fourth-order valence-corrected chi connectivity index (χ4v) is 5.08. The molecular formula is C22H25ClFN3O2S. The van der Waals surface area contributed by atoms with E-state index in [1.54, 1.807) is 6.07 Å². The Kier molecular flexibility index (Phi) is 6.85. The normalized spacial score (nSPS) is 15.5. The van der Waals surface area contributed by atoms with Crippen LogP contribution in [0.5, 0.6) is 0 Å². The quantitative estimate of drug-likeness (QED) is 0.643. The highest BCUT2D eigenvalue weighted by Gasteiger charge is 2.21. The second kappa shape index (κ2) is 9.20. The molecule has 1 aliphatic rings. The van der Waals surface area contributed by atoms with Crippen LogP contribution in [0.1, 0.15) is 6.42 Å². The molecule has 3 aromatic carbocycles. The molecule has 1 saturated heterocycles. The Bertz CT molecular complexity index is 1140. The van der Waals surface area contributed by atoms with Crippen molar-refractivity contribution in [3.8, 4) is 0 Å². The third-order valence-corrected chi connectivity index (χ3v) is 6.73. The van der Waals surface area contributed by atoms with Gasteiger partial charge in [-0.2, -0.15) is 0 Å². The summed E-state index contributed by atoms with van der Waals surface area (Å²) >= 11 is 0. The summed E-state index contributed by atoms with van der Waals surface area (Å²) in [7, 11) is -1.74. The van der Waals surface area contributed by atoms with Crippen LogP contribution in [0.3, 0.4) is 0 Å². The number of rotatable bonds is 4. The Morgan fingerprint density at radius 1 is 0.900 bits per heavy atom. The molecule has 160 valence electrons. The fraction of sp³-hybridized carbons (Fsp3) is 0.273. The summed E-state index contributed by atoms with van der Waals surface area (Å²) in [5, 5.41) is 1.56. The maximum Gasteiger partial charge on any atom is 0.262 e. The Hall–Kier alpha value is -2.35. The van der Waals surface area contributed by atoms with Crippen LogP contribution in [0.4, 0.5) is 15.8 Å². The number of likely N-dealkylation sites (N-methyl/N-ethyl adjacent to an activating group) is 1. The zero-order valence-electron chi connectivity index (χ0n) is 16.7. The van der Waals surface area contributed by atoms with Gasteiger partial charge in [0, 0.05) is 36.1 Å². The fourth-order valence-electron chi connectivity index (χ4n) is 3.82. The minimum absolute atomic E-state index is 0. The van der Waals surface area contributed by atoms with Crippen molar-refractivity contribution >= 4 is 44.6 Å². The van der Waals surface area contributed by atoms with Crippen molar-refractivity contribution < 1.29 is 12.8 Å². The third-order valence-electron chi connectivity index (χ3n) is 5.29. The van der Waals surface area contributed by atoms with Gasteiger partial charge in [-0.3, -0.25) is 4.72 Å². The highest BCUT2D eigenvalue weighted by atomic mass is 35.5. The first-order valence-corrected chi connectivity index (χ1v) is 11.2. The number of halogens is 2. The molecule has 8 heteroatoms. The molecule has 3 aromatic rings. The van der Waals surface area contributed by atoms with Gasteiger partial charge in [-0.15, -0.1) is 12.4 Å². The van der Waals surface area contributed by atoms with Gasteiger partial charge >= 0.3 is 0 Å². The summed E-state index contributed by atoms with van der Waals surface area (Å²) in [6.45, 7) is 3.85. The van der Waals surface area contributed by atoms with Crippen molar-refractivity contribution in [3.05, 3.63) is 66.5 Å². The number of benzene rings is 3. The number of nitrogens with zero attached hydrogens (tertiary/aromatic N) is 2. The highest BCUT2D eigenvalue weighted by molar-refractivity contribution is 7.93. The van der Waals surface area contributed by atoms with Gasteiger partial charge in [-0.25, -0.2) is 12.8 Å². The van der Waals surface area contributed by atoms with Crippen LogP contribution >= 0.6 is 12.4 Å². The summed E-state index contributed by atoms with van der Waals surface area (Å²) in [5.74, 6) is -0.489. The van der Waals surface area contributed by atoms with Crippen molar-refractivity contribution in [1.29, 1.82) is 0 Å². The van der Waals surface area contributed by atoms with E-state index in [-0.39, 0.29) is 23.0 Å². The first kappa shape index (κ1) is 22.3. The van der Waals surface area contributed by atoms with Gasteiger partial charge in [-0.05, 0) is 50.3 Å². The molecule has 1 fully saturated rings. The van der Waals surface area contributed by atoms with E-state index in [0.29, 0.717) is 5.39 Å². The monoisotopic (exact) mass is 449 g/mol. The van der Waals surface area contributed by atoms with E-state index >= 15 is 0 Å². The minimum atomic E-state index is -3.86. The minimum Gasteiger partial charge on any atom is -0.370 e. The summed E-state index contributed by atoms with van der Waals surface area (Å²) in [5.41, 5.74) is 1.24. The van der Waals surface area contributed by atoms with Crippen LogP contribution in [0.15, 0.2) is 65.6 Å². The molecule has 1 N–H and O–H groups in total. The van der Waals surface area contributed by atoms with Gasteiger partial charge < -0.3 is 9.80 Å². The average Bonchev–Trinajstić information content (AvgIpc) is 2.91. The van der Waals surface area contributed by atoms with Crippen molar-refractivity contribution in [2.75, 3.05) is 42.8 Å². The molecular weight excluding hydrogens is 425 g/mol. The number of anilines is 2. The van der Waals surface area contributed by atoms with Crippen LogP contribution < -0.4 is 9.62 Å². The maximum absolute atomic E-state index is 13.5. The molecule has 5 nitrogen and oxygen atoms in total. The van der Waals surface area contributed by atoms with Crippen molar-refractivity contribution in [2.45, 2.75) is 11.3 Å². The molecule has 0 amide bonds. The SMILES string of the molecule is CN1CCCN(c2ccc(S(=O)(=O)Nc3cccc(F)c3)c3ccccc23)CC1.Cl. The van der Waals surface area contributed by atoms with Gasteiger partial charge in [-0.1, -0.05) is 30.3 Å². The van der Waals surface area contributed by atoms with E-state index < -0.39 is 15.8 Å². The lowest BCUT2D eigenvalue weighted by molar-refractivity contribution is 0.360. The second-order valence-electron chi connectivity index (χ2n) is 7.39. The first-order valence-electron chi connectivity index (χ1n) is 9.68. The molecule has 4 rings (SSSR count). The summed E-state index contributed by atoms with van der Waals surface area (Å²) in [4.78, 5) is 4.82. The lowest BCUT2D eigenvalue weighted by atomic mass is 10.1. The number of sulfonamides is 1. The van der Waals surface area contributed by atoms with E-state index in [2.05, 4.69) is 21.6 Å². The van der Waals surface area contributed by atoms with Gasteiger partial charge in [0.05, 0.1) is 10.6 Å². The number of hydrogen-bond donors (Lipinski definition) is 1. The first-order chi connectivity index (χ1) is 13.9. The van der Waals surface area contributed by atoms with Gasteiger partial charge in [0.25, 0.3) is 10.0 Å². The highest BCUT2D eigenvalue weighted by Crippen LogP contribution is 2.33. The molecule has 0 unspecified atom stereocenters. The molecule has 1 aliphatic heterocycles. The van der Waals surface area contributed by atoms with Crippen LogP contribution in [0, 0.1) is 5.82 Å². The second-order valence-corrected chi connectivity index (χ2v) is 9.04. The zero-order valence-corrected chi connectivity index (χ0v) is 18.3. The van der Waals surface area contributed by atoms with Crippen LogP contribution in [-0.4, -0.2) is 46.5 Å². The van der Waals surface area contributed by atoms with E-state index in [1.807, 2.05) is 30.3 Å². The molecule has 30 heavy (non-hydrogen) atoms. The Morgan fingerprint density at radius 3 is 2.43 bits per heavy atom.